The molecule has 0 radical (unpaired) electrons. The minimum absolute atomic E-state index is 0. The molecule has 6 heteroatoms. The molecule has 0 rings (SSSR count). The fourth-order valence-electron chi connectivity index (χ4n) is 0. The Morgan fingerprint density at radius 2 is 1.43 bits per heavy atom. The molecule has 1 N–H and O–H groups in total. The van der Waals surface area contributed by atoms with Gasteiger partial charge in [-0.1, -0.05) is 0 Å². The van der Waals surface area contributed by atoms with Gasteiger partial charge in [0.2, 0.25) is 0 Å². The van der Waals surface area contributed by atoms with Crippen molar-refractivity contribution < 1.29 is 62.7 Å². The molecule has 0 aromatic heterocycles. The molecule has 0 unspecified atom stereocenters. The zero-order valence-electron chi connectivity index (χ0n) is 3.08. The third-order valence-corrected chi connectivity index (χ3v) is 0. The summed E-state index contributed by atoms with van der Waals surface area (Å²) in [6.45, 7) is 0. The van der Waals surface area contributed by atoms with Crippen LogP contribution in [0.1, 0.15) is 0 Å². The first-order valence-electron chi connectivity index (χ1n) is 0.924. The van der Waals surface area contributed by atoms with Gasteiger partial charge >= 0.3 is 45.0 Å². The van der Waals surface area contributed by atoms with E-state index in [1.165, 1.54) is 0 Å². The van der Waals surface area contributed by atoms with E-state index in [-0.39, 0.29) is 49.7 Å². The first-order chi connectivity index (χ1) is 2.00. The Morgan fingerprint density at radius 1 is 1.43 bits per heavy atom. The molecule has 0 aliphatic rings. The molecule has 0 spiro atoms. The van der Waals surface area contributed by atoms with E-state index in [9.17, 15) is 8.42 Å². The molecule has 44 valence electrons. The van der Waals surface area contributed by atoms with Crippen LogP contribution in [-0.2, 0) is 10.1 Å². The van der Waals surface area contributed by atoms with Gasteiger partial charge in [-0.2, -0.15) is 8.42 Å². The Morgan fingerprint density at radius 3 is 1.43 bits per heavy atom. The zero-order valence-corrected chi connectivity index (χ0v) is 3.90. The first-order valence-corrected chi connectivity index (χ1v) is 2.77. The quantitative estimate of drug-likeness (QED) is 0.581. The molecule has 0 aromatic rings. The number of halogens is 1. The van der Waals surface area contributed by atoms with E-state index >= 15 is 0 Å². The third kappa shape index (κ3) is 120. The number of rotatable bonds is 0. The monoisotopic (exact) mass is 344 g/mol. The first kappa shape index (κ1) is 15.7. The van der Waals surface area contributed by atoms with Crippen molar-refractivity contribution in [2.45, 2.75) is 0 Å². The molecule has 7 heavy (non-hydrogen) atoms. The summed E-state index contributed by atoms with van der Waals surface area (Å²) < 4.78 is 25.9. The SMILES string of the molecule is CS(=O)(=O)O.F.[RaH2]. The molecule has 0 aromatic carbocycles. The molecule has 3 nitrogen and oxygen atoms in total. The zero-order chi connectivity index (χ0) is 4.50. The van der Waals surface area contributed by atoms with Crippen LogP contribution in [0.5, 0.6) is 0 Å². The molecule has 0 fully saturated rings. The van der Waals surface area contributed by atoms with Crippen molar-refractivity contribution in [3.05, 3.63) is 0 Å². The van der Waals surface area contributed by atoms with Gasteiger partial charge in [0.15, 0.2) is 0 Å². The Kier molecular flexibility index (Phi) is 12.2. The van der Waals surface area contributed by atoms with Gasteiger partial charge in [0.05, 0.1) is 6.26 Å². The Labute approximate surface area is 78.0 Å². The maximum absolute atomic E-state index is 9.19. The van der Waals surface area contributed by atoms with Crippen molar-refractivity contribution in [2.24, 2.45) is 0 Å². The predicted octanol–water partition coefficient (Wildman–Crippen LogP) is -0.879. The van der Waals surface area contributed by atoms with Crippen LogP contribution in [0.25, 0.3) is 0 Å². The van der Waals surface area contributed by atoms with Crippen LogP contribution in [0, 0.1) is 45.0 Å². The van der Waals surface area contributed by atoms with E-state index in [4.69, 9.17) is 4.55 Å². The topological polar surface area (TPSA) is 54.4 Å². The van der Waals surface area contributed by atoms with Crippen molar-refractivity contribution in [1.82, 2.24) is 0 Å². The molecular weight excluding hydrogens is 337 g/mol. The number of hydrogen-bond acceptors (Lipinski definition) is 2. The van der Waals surface area contributed by atoms with Gasteiger partial charge < -0.3 is 0 Å². The Balaban J connectivity index is -0.0000000800. The third-order valence-electron chi connectivity index (χ3n) is 0. The average Bonchev–Trinajstić information content (AvgIpc) is 0.722. The van der Waals surface area contributed by atoms with E-state index in [0.29, 0.717) is 6.26 Å². The van der Waals surface area contributed by atoms with Crippen molar-refractivity contribution in [3.63, 3.8) is 0 Å². The normalized spacial score (nSPS) is 8.29. The summed E-state index contributed by atoms with van der Waals surface area (Å²) in [6.07, 6.45) is 0.715. The Bertz CT molecular complexity index is 98.1. The van der Waals surface area contributed by atoms with E-state index in [2.05, 4.69) is 0 Å². The van der Waals surface area contributed by atoms with E-state index in [0.717, 1.165) is 0 Å². The minimum atomic E-state index is -3.67. The van der Waals surface area contributed by atoms with Gasteiger partial charge in [0, 0.05) is 0 Å². The van der Waals surface area contributed by atoms with Crippen LogP contribution in [0.3, 0.4) is 0 Å². The molecule has 0 aliphatic heterocycles. The number of hydrogen-bond donors (Lipinski definition) is 1. The molecule has 0 atom stereocenters. The standard InChI is InChI=1S/CH4O3S.FH.Ra.2H/c1-5(2,3)4;;;;/h1H3,(H,2,3,4);1H;;;. The molecule has 0 heterocycles. The van der Waals surface area contributed by atoms with Gasteiger partial charge in [-0.25, -0.2) is 0 Å². The van der Waals surface area contributed by atoms with Crippen molar-refractivity contribution >= 4 is 10.1 Å². The van der Waals surface area contributed by atoms with E-state index in [1.54, 1.807) is 0 Å². The summed E-state index contributed by atoms with van der Waals surface area (Å²) in [5.74, 6) is 0. The van der Waals surface area contributed by atoms with Crippen molar-refractivity contribution in [2.75, 3.05) is 6.26 Å². The van der Waals surface area contributed by atoms with E-state index in [1.807, 2.05) is 0 Å². The fourth-order valence-corrected chi connectivity index (χ4v) is 0. The second kappa shape index (κ2) is 5.44. The maximum atomic E-state index is 9.19. The fraction of sp³-hybridized carbons (Fsp3) is 1.00. The van der Waals surface area contributed by atoms with Gasteiger partial charge in [-0.05, 0) is 0 Å². The van der Waals surface area contributed by atoms with E-state index < -0.39 is 10.1 Å². The van der Waals surface area contributed by atoms with Gasteiger partial charge in [-0.3, -0.25) is 9.26 Å². The van der Waals surface area contributed by atoms with Gasteiger partial charge in [0.25, 0.3) is 10.1 Å². The second-order valence-corrected chi connectivity index (χ2v) is 2.20. The molecular formula is CH7FO3RaS. The van der Waals surface area contributed by atoms with Crippen LogP contribution in [0.15, 0.2) is 0 Å². The summed E-state index contributed by atoms with van der Waals surface area (Å²) in [5, 5.41) is 0. The summed E-state index contributed by atoms with van der Waals surface area (Å²) in [5.41, 5.74) is 0. The molecule has 0 bridgehead atoms. The van der Waals surface area contributed by atoms with Crippen LogP contribution in [0.2, 0.25) is 0 Å². The molecule has 0 saturated heterocycles. The van der Waals surface area contributed by atoms with Gasteiger partial charge in [-0.15, -0.1) is 0 Å². The second-order valence-electron chi connectivity index (χ2n) is 0.733. The van der Waals surface area contributed by atoms with Crippen molar-refractivity contribution in [3.8, 4) is 0 Å². The molecule has 0 aliphatic carbocycles. The molecule has 0 saturated carbocycles. The summed E-state index contributed by atoms with van der Waals surface area (Å²) in [4.78, 5) is 0. The van der Waals surface area contributed by atoms with Crippen LogP contribution in [0.4, 0.5) is 4.70 Å². The average molecular weight is 344 g/mol. The predicted molar refractivity (Wildman–Crippen MR) is 22.8 cm³/mol. The van der Waals surface area contributed by atoms with Crippen LogP contribution < -0.4 is 0 Å². The summed E-state index contributed by atoms with van der Waals surface area (Å²) in [7, 11) is -3.67. The Hall–Kier alpha value is 1.31. The summed E-state index contributed by atoms with van der Waals surface area (Å²) >= 11 is 0. The molecule has 0 amide bonds. The van der Waals surface area contributed by atoms with Crippen molar-refractivity contribution in [1.29, 1.82) is 0 Å². The van der Waals surface area contributed by atoms with Gasteiger partial charge in [0.1, 0.15) is 0 Å². The van der Waals surface area contributed by atoms with Crippen LogP contribution >= 0.6 is 0 Å². The summed E-state index contributed by atoms with van der Waals surface area (Å²) in [6, 6.07) is 0. The van der Waals surface area contributed by atoms with Crippen LogP contribution in [-0.4, -0.2) is 19.2 Å².